The number of aromatic nitrogens is 2. The van der Waals surface area contributed by atoms with E-state index >= 15 is 0 Å². The van der Waals surface area contributed by atoms with Gasteiger partial charge in [0.25, 0.3) is 0 Å². The fourth-order valence-electron chi connectivity index (χ4n) is 4.38. The number of piperidine rings is 1. The number of carbonyl (C=O) groups excluding carboxylic acids is 1. The topological polar surface area (TPSA) is 58.6 Å². The number of hydrogen-bond acceptors (Lipinski definition) is 5. The van der Waals surface area contributed by atoms with Gasteiger partial charge in [0, 0.05) is 56.5 Å². The molecule has 0 saturated carbocycles. The molecule has 154 valence electrons. The molecule has 1 fully saturated rings. The number of amides is 1. The molecule has 0 N–H and O–H groups in total. The number of aryl methyl sites for hydroxylation is 1. The molecule has 1 amide bonds. The van der Waals surface area contributed by atoms with Gasteiger partial charge in [-0.2, -0.15) is 0 Å². The first kappa shape index (κ1) is 19.8. The van der Waals surface area contributed by atoms with Crippen LogP contribution in [0.2, 0.25) is 0 Å². The van der Waals surface area contributed by atoms with Gasteiger partial charge in [0.1, 0.15) is 5.82 Å². The summed E-state index contributed by atoms with van der Waals surface area (Å²) in [5, 5.41) is 0. The molecule has 2 aromatic rings. The summed E-state index contributed by atoms with van der Waals surface area (Å²) in [4.78, 5) is 26.7. The van der Waals surface area contributed by atoms with Crippen LogP contribution in [0.5, 0.6) is 0 Å². The number of rotatable bonds is 6. The molecule has 6 nitrogen and oxygen atoms in total. The van der Waals surface area contributed by atoms with Crippen molar-refractivity contribution in [1.82, 2.24) is 14.9 Å². The van der Waals surface area contributed by atoms with Crippen molar-refractivity contribution in [3.05, 3.63) is 41.6 Å². The largest absolute Gasteiger partial charge is 0.383 e. The predicted molar refractivity (Wildman–Crippen MR) is 114 cm³/mol. The molecule has 0 radical (unpaired) electrons. The maximum Gasteiger partial charge on any atom is 0.225 e. The number of likely N-dealkylation sites (N-methyl/N-ethyl adjacent to an activating group) is 1. The van der Waals surface area contributed by atoms with Crippen molar-refractivity contribution in [2.75, 3.05) is 45.3 Å². The van der Waals surface area contributed by atoms with Gasteiger partial charge in [0.15, 0.2) is 5.82 Å². The second kappa shape index (κ2) is 8.91. The summed E-state index contributed by atoms with van der Waals surface area (Å²) >= 11 is 0. The zero-order chi connectivity index (χ0) is 20.2. The second-order valence-electron chi connectivity index (χ2n) is 8.03. The summed E-state index contributed by atoms with van der Waals surface area (Å²) in [6, 6.07) is 10.2. The molecule has 4 rings (SSSR count). The smallest absolute Gasteiger partial charge is 0.225 e. The van der Waals surface area contributed by atoms with Gasteiger partial charge in [-0.25, -0.2) is 9.97 Å². The molecule has 1 aliphatic carbocycles. The minimum Gasteiger partial charge on any atom is -0.383 e. The summed E-state index contributed by atoms with van der Waals surface area (Å²) in [5.74, 6) is 2.24. The zero-order valence-corrected chi connectivity index (χ0v) is 17.4. The quantitative estimate of drug-likeness (QED) is 0.754. The Bertz CT molecular complexity index is 847. The molecule has 1 aromatic heterocycles. The van der Waals surface area contributed by atoms with Crippen LogP contribution in [0.25, 0.3) is 11.4 Å². The highest BCUT2D eigenvalue weighted by Gasteiger charge is 2.30. The maximum absolute atomic E-state index is 12.7. The predicted octanol–water partition coefficient (Wildman–Crippen LogP) is 2.95. The highest BCUT2D eigenvalue weighted by Crippen LogP contribution is 2.33. The molecule has 0 atom stereocenters. The monoisotopic (exact) mass is 394 g/mol. The molecule has 0 bridgehead atoms. The Hall–Kier alpha value is -2.47. The fourth-order valence-corrected chi connectivity index (χ4v) is 4.38. The van der Waals surface area contributed by atoms with Crippen molar-refractivity contribution in [3.8, 4) is 11.4 Å². The third kappa shape index (κ3) is 4.27. The number of anilines is 1. The average molecular weight is 395 g/mol. The van der Waals surface area contributed by atoms with Gasteiger partial charge in [-0.1, -0.05) is 30.3 Å². The number of nitrogens with zero attached hydrogens (tertiary/aromatic N) is 4. The van der Waals surface area contributed by atoms with Gasteiger partial charge in [0.2, 0.25) is 5.91 Å². The lowest BCUT2D eigenvalue weighted by Gasteiger charge is -2.34. The van der Waals surface area contributed by atoms with Crippen molar-refractivity contribution < 1.29 is 9.53 Å². The number of benzene rings is 1. The number of hydrogen-bond donors (Lipinski definition) is 0. The van der Waals surface area contributed by atoms with Crippen molar-refractivity contribution in [2.24, 2.45) is 5.92 Å². The zero-order valence-electron chi connectivity index (χ0n) is 17.4. The molecular formula is C23H30N4O2. The van der Waals surface area contributed by atoms with E-state index in [1.165, 1.54) is 11.3 Å². The lowest BCUT2D eigenvalue weighted by atomic mass is 9.95. The summed E-state index contributed by atoms with van der Waals surface area (Å²) < 4.78 is 5.10. The molecule has 6 heteroatoms. The first-order valence-electron chi connectivity index (χ1n) is 10.6. The van der Waals surface area contributed by atoms with Crippen LogP contribution in [-0.2, 0) is 22.4 Å². The maximum atomic E-state index is 12.7. The third-order valence-corrected chi connectivity index (χ3v) is 6.09. The van der Waals surface area contributed by atoms with Crippen LogP contribution in [-0.4, -0.2) is 61.2 Å². The standard InChI is InChI=1S/C23H30N4O2/c1-26(15-16-29-2)23(28)18-11-13-27(14-12-18)22-19-9-6-10-20(19)24-21(25-22)17-7-4-3-5-8-17/h3-5,7-8,18H,6,9-16H2,1-2H3. The van der Waals surface area contributed by atoms with Crippen LogP contribution < -0.4 is 4.90 Å². The molecule has 2 aliphatic rings. The number of carbonyl (C=O) groups is 1. The van der Waals surface area contributed by atoms with Crippen molar-refractivity contribution in [2.45, 2.75) is 32.1 Å². The van der Waals surface area contributed by atoms with Crippen LogP contribution in [0.15, 0.2) is 30.3 Å². The number of methoxy groups -OCH3 is 1. The Morgan fingerprint density at radius 3 is 2.66 bits per heavy atom. The Morgan fingerprint density at radius 2 is 1.93 bits per heavy atom. The molecule has 0 spiro atoms. The first-order chi connectivity index (χ1) is 14.2. The van der Waals surface area contributed by atoms with Gasteiger partial charge >= 0.3 is 0 Å². The van der Waals surface area contributed by atoms with E-state index in [1.807, 2.05) is 25.2 Å². The molecule has 2 heterocycles. The molecule has 29 heavy (non-hydrogen) atoms. The van der Waals surface area contributed by atoms with Crippen LogP contribution >= 0.6 is 0 Å². The van der Waals surface area contributed by atoms with Crippen molar-refractivity contribution in [1.29, 1.82) is 0 Å². The van der Waals surface area contributed by atoms with Gasteiger partial charge in [0.05, 0.1) is 6.61 Å². The molecule has 1 aromatic carbocycles. The normalized spacial score (nSPS) is 16.7. The summed E-state index contributed by atoms with van der Waals surface area (Å²) in [5.41, 5.74) is 3.58. The van der Waals surface area contributed by atoms with Crippen molar-refractivity contribution in [3.63, 3.8) is 0 Å². The lowest BCUT2D eigenvalue weighted by Crippen LogP contribution is -2.42. The van der Waals surface area contributed by atoms with Gasteiger partial charge in [-0.3, -0.25) is 4.79 Å². The molecule has 0 unspecified atom stereocenters. The van der Waals surface area contributed by atoms with E-state index in [4.69, 9.17) is 14.7 Å². The highest BCUT2D eigenvalue weighted by atomic mass is 16.5. The van der Waals surface area contributed by atoms with Gasteiger partial charge in [-0.05, 0) is 32.1 Å². The summed E-state index contributed by atoms with van der Waals surface area (Å²) in [6.07, 6.45) is 4.97. The molecule has 1 aliphatic heterocycles. The third-order valence-electron chi connectivity index (χ3n) is 6.09. The fraction of sp³-hybridized carbons (Fsp3) is 0.522. The minimum absolute atomic E-state index is 0.0941. The Kier molecular flexibility index (Phi) is 6.09. The Balaban J connectivity index is 1.50. The Labute approximate surface area is 172 Å². The van der Waals surface area contributed by atoms with Gasteiger partial charge in [-0.15, -0.1) is 0 Å². The van der Waals surface area contributed by atoms with Crippen LogP contribution in [0.3, 0.4) is 0 Å². The lowest BCUT2D eigenvalue weighted by molar-refractivity contribution is -0.135. The van der Waals surface area contributed by atoms with E-state index in [-0.39, 0.29) is 11.8 Å². The van der Waals surface area contributed by atoms with Gasteiger partial charge < -0.3 is 14.5 Å². The van der Waals surface area contributed by atoms with Crippen molar-refractivity contribution >= 4 is 11.7 Å². The molecular weight excluding hydrogens is 364 g/mol. The van der Waals surface area contributed by atoms with E-state index < -0.39 is 0 Å². The van der Waals surface area contributed by atoms with E-state index in [1.54, 1.807) is 12.0 Å². The van der Waals surface area contributed by atoms with E-state index in [0.29, 0.717) is 13.2 Å². The number of ether oxygens (including phenoxy) is 1. The average Bonchev–Trinajstić information content (AvgIpc) is 3.26. The Morgan fingerprint density at radius 1 is 1.17 bits per heavy atom. The molecule has 1 saturated heterocycles. The minimum atomic E-state index is 0.0941. The van der Waals surface area contributed by atoms with E-state index in [2.05, 4.69) is 17.0 Å². The van der Waals surface area contributed by atoms with Crippen LogP contribution in [0.1, 0.15) is 30.5 Å². The van der Waals surface area contributed by atoms with E-state index in [0.717, 1.165) is 62.4 Å². The van der Waals surface area contributed by atoms with E-state index in [9.17, 15) is 4.79 Å². The highest BCUT2D eigenvalue weighted by molar-refractivity contribution is 5.79. The van der Waals surface area contributed by atoms with Crippen LogP contribution in [0.4, 0.5) is 5.82 Å². The second-order valence-corrected chi connectivity index (χ2v) is 8.03. The first-order valence-corrected chi connectivity index (χ1v) is 10.6. The van der Waals surface area contributed by atoms with Crippen LogP contribution in [0, 0.1) is 5.92 Å². The summed E-state index contributed by atoms with van der Waals surface area (Å²) in [7, 11) is 3.54. The summed E-state index contributed by atoms with van der Waals surface area (Å²) in [6.45, 7) is 2.96. The number of fused-ring (bicyclic) bond motifs is 1. The SMILES string of the molecule is COCCN(C)C(=O)C1CCN(c2nc(-c3ccccc3)nc3c2CCC3)CC1.